The van der Waals surface area contributed by atoms with Crippen molar-refractivity contribution in [2.75, 3.05) is 13.7 Å². The van der Waals surface area contributed by atoms with E-state index in [0.29, 0.717) is 48.1 Å². The van der Waals surface area contributed by atoms with Gasteiger partial charge in [-0.25, -0.2) is 9.78 Å². The highest BCUT2D eigenvalue weighted by Crippen LogP contribution is 2.31. The highest BCUT2D eigenvalue weighted by Gasteiger charge is 2.31. The van der Waals surface area contributed by atoms with E-state index in [0.717, 1.165) is 11.1 Å². The molecule has 0 radical (unpaired) electrons. The number of carbonyl (C=O) groups excluding carboxylic acids is 2. The summed E-state index contributed by atoms with van der Waals surface area (Å²) in [5.74, 6) is 1.58. The van der Waals surface area contributed by atoms with E-state index in [2.05, 4.69) is 10.3 Å². The number of hydrogen-bond donors (Lipinski definition) is 2. The summed E-state index contributed by atoms with van der Waals surface area (Å²) >= 11 is 0. The number of methoxy groups -OCH3 is 1. The zero-order valence-corrected chi connectivity index (χ0v) is 18.9. The number of aromatic nitrogens is 1. The number of oxazole rings is 1. The number of hydrogen-bond acceptors (Lipinski definition) is 8. The number of aryl methyl sites for hydroxylation is 2. The fourth-order valence-corrected chi connectivity index (χ4v) is 3.73. The SMILES string of the molecule is COc1cc(CCCC2OC(=O)NC2=O)ccc1OCC(O)c1nc(-c2ccccc2)oc1C. The molecule has 2 unspecified atom stereocenters. The van der Waals surface area contributed by atoms with Gasteiger partial charge in [0.1, 0.15) is 24.2 Å². The molecule has 0 bridgehead atoms. The minimum Gasteiger partial charge on any atom is -0.493 e. The van der Waals surface area contributed by atoms with Gasteiger partial charge < -0.3 is 23.7 Å². The normalized spacial score (nSPS) is 16.1. The third-order valence-electron chi connectivity index (χ3n) is 5.49. The maximum absolute atomic E-state index is 11.6. The third-order valence-corrected chi connectivity index (χ3v) is 5.49. The Morgan fingerprint density at radius 2 is 1.94 bits per heavy atom. The largest absolute Gasteiger partial charge is 0.493 e. The van der Waals surface area contributed by atoms with Gasteiger partial charge in [-0.3, -0.25) is 10.1 Å². The number of rotatable bonds is 10. The van der Waals surface area contributed by atoms with Crippen molar-refractivity contribution >= 4 is 12.0 Å². The molecule has 3 aromatic rings. The Kier molecular flexibility index (Phi) is 7.12. The van der Waals surface area contributed by atoms with Crippen LogP contribution in [0.15, 0.2) is 52.9 Å². The summed E-state index contributed by atoms with van der Waals surface area (Å²) < 4.78 is 21.9. The molecule has 0 aliphatic carbocycles. The molecule has 1 aromatic heterocycles. The molecule has 2 aromatic carbocycles. The maximum atomic E-state index is 11.6. The van der Waals surface area contributed by atoms with E-state index in [1.807, 2.05) is 42.5 Å². The summed E-state index contributed by atoms with van der Waals surface area (Å²) in [6.45, 7) is 1.73. The Morgan fingerprint density at radius 1 is 1.15 bits per heavy atom. The number of aliphatic hydroxyl groups excluding tert-OH is 1. The van der Waals surface area contributed by atoms with E-state index in [4.69, 9.17) is 18.6 Å². The molecule has 0 saturated carbocycles. The molecule has 34 heavy (non-hydrogen) atoms. The molecule has 2 heterocycles. The maximum Gasteiger partial charge on any atom is 0.414 e. The number of nitrogens with zero attached hydrogens (tertiary/aromatic N) is 1. The van der Waals surface area contributed by atoms with Crippen LogP contribution in [0, 0.1) is 6.92 Å². The lowest BCUT2D eigenvalue weighted by atomic mass is 10.1. The molecule has 1 fully saturated rings. The quantitative estimate of drug-likeness (QED) is 0.464. The molecule has 9 nitrogen and oxygen atoms in total. The standard InChI is InChI=1S/C25H26N2O7/c1-15-22(26-24(33-15)17-8-4-3-5-9-17)18(28)14-32-19-12-11-16(13-21(19)31-2)7-6-10-20-23(29)27-25(30)34-20/h3-5,8-9,11-13,18,20,28H,6-7,10,14H2,1-2H3,(H,27,29,30). The van der Waals surface area contributed by atoms with Crippen LogP contribution in [-0.2, 0) is 16.0 Å². The Bertz CT molecular complexity index is 1160. The second kappa shape index (κ2) is 10.4. The molecule has 1 aliphatic rings. The van der Waals surface area contributed by atoms with E-state index in [1.165, 1.54) is 0 Å². The molecule has 0 spiro atoms. The molecule has 4 rings (SSSR count). The first-order valence-electron chi connectivity index (χ1n) is 11.0. The zero-order valence-electron chi connectivity index (χ0n) is 18.9. The second-order valence-electron chi connectivity index (χ2n) is 7.91. The second-order valence-corrected chi connectivity index (χ2v) is 7.91. The summed E-state index contributed by atoms with van der Waals surface area (Å²) in [4.78, 5) is 27.1. The number of cyclic esters (lactones) is 1. The van der Waals surface area contributed by atoms with Crippen molar-refractivity contribution in [3.8, 4) is 23.0 Å². The lowest BCUT2D eigenvalue weighted by Crippen LogP contribution is -2.24. The van der Waals surface area contributed by atoms with Crippen LogP contribution in [0.1, 0.15) is 36.0 Å². The molecule has 2 atom stereocenters. The van der Waals surface area contributed by atoms with Crippen LogP contribution >= 0.6 is 0 Å². The Hall–Kier alpha value is -3.85. The van der Waals surface area contributed by atoms with E-state index in [9.17, 15) is 14.7 Å². The van der Waals surface area contributed by atoms with Crippen LogP contribution in [-0.4, -0.2) is 41.9 Å². The van der Waals surface area contributed by atoms with Crippen LogP contribution in [0.3, 0.4) is 0 Å². The van der Waals surface area contributed by atoms with E-state index >= 15 is 0 Å². The number of benzene rings is 2. The fourth-order valence-electron chi connectivity index (χ4n) is 3.73. The van der Waals surface area contributed by atoms with Crippen LogP contribution in [0.5, 0.6) is 11.5 Å². The first-order valence-corrected chi connectivity index (χ1v) is 11.0. The molecule has 2 N–H and O–H groups in total. The van der Waals surface area contributed by atoms with Crippen molar-refractivity contribution in [3.63, 3.8) is 0 Å². The van der Waals surface area contributed by atoms with Crippen molar-refractivity contribution in [1.29, 1.82) is 0 Å². The minimum absolute atomic E-state index is 0.0283. The van der Waals surface area contributed by atoms with Crippen LogP contribution < -0.4 is 14.8 Å². The monoisotopic (exact) mass is 466 g/mol. The third kappa shape index (κ3) is 5.37. The van der Waals surface area contributed by atoms with Crippen molar-refractivity contribution in [2.45, 2.75) is 38.4 Å². The van der Waals surface area contributed by atoms with Gasteiger partial charge in [-0.1, -0.05) is 24.3 Å². The molecule has 9 heteroatoms. The van der Waals surface area contributed by atoms with Gasteiger partial charge in [0, 0.05) is 5.56 Å². The lowest BCUT2D eigenvalue weighted by Gasteiger charge is -2.15. The fraction of sp³-hybridized carbons (Fsp3) is 0.320. The molecule has 1 aliphatic heterocycles. The minimum atomic E-state index is -0.981. The van der Waals surface area contributed by atoms with Crippen molar-refractivity contribution < 1.29 is 33.3 Å². The molecule has 178 valence electrons. The van der Waals surface area contributed by atoms with Crippen molar-refractivity contribution in [2.24, 2.45) is 0 Å². The van der Waals surface area contributed by atoms with E-state index in [1.54, 1.807) is 20.1 Å². The average Bonchev–Trinajstić information content (AvgIpc) is 3.39. The molecular weight excluding hydrogens is 440 g/mol. The predicted molar refractivity (Wildman–Crippen MR) is 121 cm³/mol. The number of aliphatic hydroxyl groups is 1. The van der Waals surface area contributed by atoms with Crippen molar-refractivity contribution in [1.82, 2.24) is 10.3 Å². The van der Waals surface area contributed by atoms with Gasteiger partial charge in [0.05, 0.1) is 7.11 Å². The van der Waals surface area contributed by atoms with Gasteiger partial charge in [-0.2, -0.15) is 0 Å². The van der Waals surface area contributed by atoms with Gasteiger partial charge in [0.25, 0.3) is 5.91 Å². The summed E-state index contributed by atoms with van der Waals surface area (Å²) in [6, 6.07) is 15.0. The summed E-state index contributed by atoms with van der Waals surface area (Å²) in [7, 11) is 1.54. The summed E-state index contributed by atoms with van der Waals surface area (Å²) in [6.07, 6.45) is -0.653. The zero-order chi connectivity index (χ0) is 24.1. The number of nitrogens with one attached hydrogen (secondary N) is 1. The number of carbonyl (C=O) groups is 2. The van der Waals surface area contributed by atoms with E-state index in [-0.39, 0.29) is 6.61 Å². The van der Waals surface area contributed by atoms with Crippen LogP contribution in [0.25, 0.3) is 11.5 Å². The predicted octanol–water partition coefficient (Wildman–Crippen LogP) is 3.73. The van der Waals surface area contributed by atoms with E-state index < -0.39 is 24.2 Å². The van der Waals surface area contributed by atoms with Crippen LogP contribution in [0.2, 0.25) is 0 Å². The Balaban J connectivity index is 1.34. The summed E-state index contributed by atoms with van der Waals surface area (Å²) in [5.41, 5.74) is 2.23. The number of amides is 2. The van der Waals surface area contributed by atoms with Crippen LogP contribution in [0.4, 0.5) is 4.79 Å². The number of imide groups is 1. The van der Waals surface area contributed by atoms with Gasteiger partial charge in [-0.05, 0) is 56.0 Å². The topological polar surface area (TPSA) is 120 Å². The summed E-state index contributed by atoms with van der Waals surface area (Å²) in [5, 5.41) is 12.8. The van der Waals surface area contributed by atoms with Gasteiger partial charge in [0.2, 0.25) is 5.89 Å². The Labute approximate surface area is 196 Å². The smallest absolute Gasteiger partial charge is 0.414 e. The highest BCUT2D eigenvalue weighted by atomic mass is 16.6. The van der Waals surface area contributed by atoms with Crippen molar-refractivity contribution in [3.05, 3.63) is 65.5 Å². The number of ether oxygens (including phenoxy) is 3. The van der Waals surface area contributed by atoms with Gasteiger partial charge in [0.15, 0.2) is 17.6 Å². The molecule has 2 amide bonds. The average molecular weight is 466 g/mol. The highest BCUT2D eigenvalue weighted by molar-refractivity contribution is 5.99. The van der Waals surface area contributed by atoms with Gasteiger partial charge >= 0.3 is 6.09 Å². The first kappa shape index (κ1) is 23.3. The molecule has 1 saturated heterocycles. The van der Waals surface area contributed by atoms with Gasteiger partial charge in [-0.15, -0.1) is 0 Å². The molecular formula is C25H26N2O7. The lowest BCUT2D eigenvalue weighted by molar-refractivity contribution is -0.123. The Morgan fingerprint density at radius 3 is 2.65 bits per heavy atom. The number of alkyl carbamates (subject to hydrolysis) is 1. The first-order chi connectivity index (χ1) is 16.4.